The van der Waals surface area contributed by atoms with E-state index in [1.807, 2.05) is 13.8 Å². The molecular formula is C13H20N4O2. The van der Waals surface area contributed by atoms with Gasteiger partial charge in [-0.25, -0.2) is 4.98 Å². The second kappa shape index (κ2) is 8.07. The molecule has 19 heavy (non-hydrogen) atoms. The van der Waals surface area contributed by atoms with Gasteiger partial charge in [-0.1, -0.05) is 13.0 Å². The molecule has 6 heteroatoms. The third-order valence-electron chi connectivity index (χ3n) is 2.32. The summed E-state index contributed by atoms with van der Waals surface area (Å²) in [6.07, 6.45) is 0.867. The maximum absolute atomic E-state index is 11.8. The minimum atomic E-state index is -0.355. The molecule has 3 N–H and O–H groups in total. The van der Waals surface area contributed by atoms with Crippen molar-refractivity contribution in [3.05, 3.63) is 23.9 Å². The van der Waals surface area contributed by atoms with Crippen LogP contribution in [0.1, 0.15) is 30.8 Å². The molecule has 0 atom stereocenters. The average molecular weight is 264 g/mol. The second-order valence-electron chi connectivity index (χ2n) is 3.97. The van der Waals surface area contributed by atoms with Gasteiger partial charge in [0.25, 0.3) is 5.91 Å². The van der Waals surface area contributed by atoms with Gasteiger partial charge in [0, 0.05) is 13.1 Å². The van der Waals surface area contributed by atoms with E-state index in [0.29, 0.717) is 18.1 Å². The smallest absolute Gasteiger partial charge is 0.270 e. The Morgan fingerprint density at radius 3 is 2.68 bits per heavy atom. The predicted octanol–water partition coefficient (Wildman–Crippen LogP) is 0.769. The normalized spacial score (nSPS) is 9.79. The SMILES string of the molecule is CCCNC(=O)CNC(=O)c1cccc(NCC)n1. The highest BCUT2D eigenvalue weighted by Gasteiger charge is 2.09. The molecule has 0 radical (unpaired) electrons. The fourth-order valence-corrected chi connectivity index (χ4v) is 1.42. The van der Waals surface area contributed by atoms with Gasteiger partial charge in [-0.05, 0) is 25.5 Å². The quantitative estimate of drug-likeness (QED) is 0.679. The summed E-state index contributed by atoms with van der Waals surface area (Å²) in [5.41, 5.74) is 0.293. The third-order valence-corrected chi connectivity index (χ3v) is 2.32. The van der Waals surface area contributed by atoms with Crippen molar-refractivity contribution >= 4 is 17.6 Å². The summed E-state index contributed by atoms with van der Waals surface area (Å²) < 4.78 is 0. The van der Waals surface area contributed by atoms with E-state index in [9.17, 15) is 9.59 Å². The lowest BCUT2D eigenvalue weighted by atomic mass is 10.3. The highest BCUT2D eigenvalue weighted by Crippen LogP contribution is 2.04. The number of pyridine rings is 1. The Morgan fingerprint density at radius 2 is 2.00 bits per heavy atom. The van der Waals surface area contributed by atoms with Gasteiger partial charge in [0.2, 0.25) is 5.91 Å². The number of hydrogen-bond donors (Lipinski definition) is 3. The van der Waals surface area contributed by atoms with Gasteiger partial charge in [0.05, 0.1) is 6.54 Å². The summed E-state index contributed by atoms with van der Waals surface area (Å²) in [6, 6.07) is 5.14. The summed E-state index contributed by atoms with van der Waals surface area (Å²) in [6.45, 7) is 5.23. The third kappa shape index (κ3) is 5.37. The molecular weight excluding hydrogens is 244 g/mol. The molecule has 1 aromatic heterocycles. The molecule has 0 saturated carbocycles. The van der Waals surface area contributed by atoms with Crippen LogP contribution in [0.15, 0.2) is 18.2 Å². The number of rotatable bonds is 7. The van der Waals surface area contributed by atoms with Crippen LogP contribution in [-0.2, 0) is 4.79 Å². The predicted molar refractivity (Wildman–Crippen MR) is 74.0 cm³/mol. The van der Waals surface area contributed by atoms with E-state index in [-0.39, 0.29) is 18.4 Å². The summed E-state index contributed by atoms with van der Waals surface area (Å²) in [4.78, 5) is 27.3. The first-order valence-electron chi connectivity index (χ1n) is 6.43. The van der Waals surface area contributed by atoms with Crippen LogP contribution in [0.5, 0.6) is 0 Å². The number of carbonyl (C=O) groups excluding carboxylic acids is 2. The van der Waals surface area contributed by atoms with E-state index in [2.05, 4.69) is 20.9 Å². The molecule has 0 aliphatic carbocycles. The monoisotopic (exact) mass is 264 g/mol. The van der Waals surface area contributed by atoms with Gasteiger partial charge in [-0.2, -0.15) is 0 Å². The molecule has 1 heterocycles. The average Bonchev–Trinajstić information content (AvgIpc) is 2.43. The maximum atomic E-state index is 11.8. The van der Waals surface area contributed by atoms with E-state index in [4.69, 9.17) is 0 Å². The van der Waals surface area contributed by atoms with Crippen LogP contribution >= 0.6 is 0 Å². The molecule has 0 fully saturated rings. The van der Waals surface area contributed by atoms with Crippen LogP contribution in [0.25, 0.3) is 0 Å². The number of carbonyl (C=O) groups is 2. The molecule has 1 aromatic rings. The zero-order valence-corrected chi connectivity index (χ0v) is 11.3. The highest BCUT2D eigenvalue weighted by atomic mass is 16.2. The first-order chi connectivity index (χ1) is 9.17. The molecule has 0 saturated heterocycles. The summed E-state index contributed by atoms with van der Waals surface area (Å²) >= 11 is 0. The standard InChI is InChI=1S/C13H20N4O2/c1-3-8-15-12(18)9-16-13(19)10-6-5-7-11(17-10)14-4-2/h5-7H,3-4,8-9H2,1-2H3,(H,14,17)(H,15,18)(H,16,19). The first-order valence-corrected chi connectivity index (χ1v) is 6.43. The Bertz CT molecular complexity index is 434. The summed E-state index contributed by atoms with van der Waals surface area (Å²) in [7, 11) is 0. The van der Waals surface area contributed by atoms with Crippen molar-refractivity contribution in [3.8, 4) is 0 Å². The Labute approximate surface area is 113 Å². The van der Waals surface area contributed by atoms with E-state index in [0.717, 1.165) is 13.0 Å². The Balaban J connectivity index is 2.49. The molecule has 0 bridgehead atoms. The maximum Gasteiger partial charge on any atom is 0.270 e. The number of nitrogens with zero attached hydrogens (tertiary/aromatic N) is 1. The van der Waals surface area contributed by atoms with Crippen LogP contribution in [0.3, 0.4) is 0 Å². The molecule has 6 nitrogen and oxygen atoms in total. The number of aromatic nitrogens is 1. The van der Waals surface area contributed by atoms with Gasteiger partial charge in [-0.3, -0.25) is 9.59 Å². The van der Waals surface area contributed by atoms with Crippen LogP contribution in [-0.4, -0.2) is 36.4 Å². The van der Waals surface area contributed by atoms with Crippen molar-refractivity contribution in [1.29, 1.82) is 0 Å². The van der Waals surface area contributed by atoms with Crippen LogP contribution in [0.4, 0.5) is 5.82 Å². The van der Waals surface area contributed by atoms with Gasteiger partial charge < -0.3 is 16.0 Å². The van der Waals surface area contributed by atoms with Crippen molar-refractivity contribution in [3.63, 3.8) is 0 Å². The van der Waals surface area contributed by atoms with Crippen molar-refractivity contribution in [2.75, 3.05) is 25.0 Å². The Kier molecular flexibility index (Phi) is 6.35. The van der Waals surface area contributed by atoms with Crippen molar-refractivity contribution < 1.29 is 9.59 Å². The molecule has 0 spiro atoms. The lowest BCUT2D eigenvalue weighted by Gasteiger charge is -2.07. The minimum absolute atomic E-state index is 0.0358. The second-order valence-corrected chi connectivity index (χ2v) is 3.97. The topological polar surface area (TPSA) is 83.1 Å². The van der Waals surface area contributed by atoms with E-state index in [1.54, 1.807) is 18.2 Å². The van der Waals surface area contributed by atoms with E-state index in [1.165, 1.54) is 0 Å². The number of anilines is 1. The molecule has 0 aliphatic heterocycles. The summed E-state index contributed by atoms with van der Waals surface area (Å²) in [5.74, 6) is 0.0926. The molecule has 0 aliphatic rings. The van der Waals surface area contributed by atoms with Gasteiger partial charge in [0.1, 0.15) is 11.5 Å². The van der Waals surface area contributed by atoms with Crippen molar-refractivity contribution in [1.82, 2.24) is 15.6 Å². The highest BCUT2D eigenvalue weighted by molar-refractivity contribution is 5.95. The van der Waals surface area contributed by atoms with Crippen molar-refractivity contribution in [2.45, 2.75) is 20.3 Å². The Morgan fingerprint density at radius 1 is 1.21 bits per heavy atom. The fourth-order valence-electron chi connectivity index (χ4n) is 1.42. The molecule has 0 aromatic carbocycles. The Hall–Kier alpha value is -2.11. The largest absolute Gasteiger partial charge is 0.370 e. The zero-order valence-electron chi connectivity index (χ0n) is 11.3. The molecule has 104 valence electrons. The van der Waals surface area contributed by atoms with Crippen molar-refractivity contribution in [2.24, 2.45) is 0 Å². The lowest BCUT2D eigenvalue weighted by molar-refractivity contribution is -0.120. The minimum Gasteiger partial charge on any atom is -0.370 e. The van der Waals surface area contributed by atoms with Gasteiger partial charge >= 0.3 is 0 Å². The van der Waals surface area contributed by atoms with E-state index >= 15 is 0 Å². The van der Waals surface area contributed by atoms with Crippen LogP contribution < -0.4 is 16.0 Å². The van der Waals surface area contributed by atoms with Crippen LogP contribution in [0, 0.1) is 0 Å². The summed E-state index contributed by atoms with van der Waals surface area (Å²) in [5, 5.41) is 8.25. The zero-order chi connectivity index (χ0) is 14.1. The molecule has 2 amide bonds. The van der Waals surface area contributed by atoms with Crippen LogP contribution in [0.2, 0.25) is 0 Å². The number of amides is 2. The van der Waals surface area contributed by atoms with Gasteiger partial charge in [-0.15, -0.1) is 0 Å². The van der Waals surface area contributed by atoms with Gasteiger partial charge in [0.15, 0.2) is 0 Å². The molecule has 1 rings (SSSR count). The van der Waals surface area contributed by atoms with E-state index < -0.39 is 0 Å². The first kappa shape index (κ1) is 14.9. The number of hydrogen-bond acceptors (Lipinski definition) is 4. The molecule has 0 unspecified atom stereocenters. The fraction of sp³-hybridized carbons (Fsp3) is 0.462. The number of nitrogens with one attached hydrogen (secondary N) is 3. The lowest BCUT2D eigenvalue weighted by Crippen LogP contribution is -2.37.